The summed E-state index contributed by atoms with van der Waals surface area (Å²) in [5, 5.41) is 9.23. The zero-order valence-corrected chi connectivity index (χ0v) is 9.53. The van der Waals surface area contributed by atoms with Crippen LogP contribution in [0.5, 0.6) is 5.75 Å². The monoisotopic (exact) mass is 222 g/mol. The molecule has 0 aromatic heterocycles. The van der Waals surface area contributed by atoms with Crippen LogP contribution in [-0.2, 0) is 0 Å². The molecule has 0 saturated heterocycles. The van der Waals surface area contributed by atoms with Crippen molar-refractivity contribution in [2.24, 2.45) is 5.92 Å². The molecule has 1 atom stereocenters. The van der Waals surface area contributed by atoms with E-state index < -0.39 is 0 Å². The number of alkyl halides is 1. The predicted octanol–water partition coefficient (Wildman–Crippen LogP) is 4.03. The van der Waals surface area contributed by atoms with Crippen LogP contribution in [0.2, 0.25) is 0 Å². The van der Waals surface area contributed by atoms with E-state index in [1.165, 1.54) is 19.3 Å². The molecule has 0 heterocycles. The Morgan fingerprint density at radius 3 is 2.31 bits per heavy atom. The normalized spacial score (nSPS) is 19.6. The van der Waals surface area contributed by atoms with Crippen molar-refractivity contribution in [1.29, 1.82) is 0 Å². The largest absolute Gasteiger partial charge is 0.508 e. The Morgan fingerprint density at radius 2 is 1.75 bits per heavy atom. The van der Waals surface area contributed by atoms with E-state index in [9.17, 15) is 9.50 Å². The van der Waals surface area contributed by atoms with Crippen LogP contribution in [0.1, 0.15) is 43.6 Å². The number of phenols is 1. The lowest BCUT2D eigenvalue weighted by Crippen LogP contribution is -2.17. The number of rotatable bonds is 3. The summed E-state index contributed by atoms with van der Waals surface area (Å²) >= 11 is 0. The molecule has 1 aromatic carbocycles. The van der Waals surface area contributed by atoms with Gasteiger partial charge in [-0.25, -0.2) is 0 Å². The third-order valence-corrected chi connectivity index (χ3v) is 3.71. The predicted molar refractivity (Wildman–Crippen MR) is 63.4 cm³/mol. The van der Waals surface area contributed by atoms with Gasteiger partial charge in [-0.2, -0.15) is 0 Å². The summed E-state index contributed by atoms with van der Waals surface area (Å²) in [5.41, 5.74) is 1.03. The number of hydrogen-bond acceptors (Lipinski definition) is 1. The van der Waals surface area contributed by atoms with Crippen molar-refractivity contribution < 1.29 is 9.50 Å². The fraction of sp³-hybridized carbons (Fsp3) is 0.571. The zero-order chi connectivity index (χ0) is 11.4. The van der Waals surface area contributed by atoms with Crippen LogP contribution in [0, 0.1) is 5.92 Å². The van der Waals surface area contributed by atoms with E-state index in [1.807, 2.05) is 12.1 Å². The molecular weight excluding hydrogens is 203 g/mol. The van der Waals surface area contributed by atoms with Crippen molar-refractivity contribution in [3.8, 4) is 5.75 Å². The summed E-state index contributed by atoms with van der Waals surface area (Å²) in [4.78, 5) is 0. The van der Waals surface area contributed by atoms with Gasteiger partial charge in [-0.05, 0) is 36.5 Å². The molecule has 2 heteroatoms. The molecule has 88 valence electrons. The van der Waals surface area contributed by atoms with E-state index >= 15 is 0 Å². The Balaban J connectivity index is 2.11. The average molecular weight is 222 g/mol. The second kappa shape index (κ2) is 5.33. The van der Waals surface area contributed by atoms with E-state index in [4.69, 9.17) is 0 Å². The molecule has 2 rings (SSSR count). The van der Waals surface area contributed by atoms with Crippen LogP contribution in [0.4, 0.5) is 4.39 Å². The molecule has 1 fully saturated rings. The Labute approximate surface area is 96.3 Å². The molecule has 1 unspecified atom stereocenters. The molecule has 0 radical (unpaired) electrons. The van der Waals surface area contributed by atoms with E-state index in [0.717, 1.165) is 18.4 Å². The first-order valence-electron chi connectivity index (χ1n) is 6.16. The molecule has 1 aliphatic carbocycles. The Hall–Kier alpha value is -1.05. The molecule has 0 bridgehead atoms. The van der Waals surface area contributed by atoms with Gasteiger partial charge in [0.1, 0.15) is 5.75 Å². The van der Waals surface area contributed by atoms with Gasteiger partial charge in [0.15, 0.2) is 0 Å². The smallest absolute Gasteiger partial charge is 0.115 e. The van der Waals surface area contributed by atoms with E-state index in [1.54, 1.807) is 12.1 Å². The summed E-state index contributed by atoms with van der Waals surface area (Å²) in [6, 6.07) is 7.02. The Morgan fingerprint density at radius 1 is 1.12 bits per heavy atom. The third-order valence-electron chi connectivity index (χ3n) is 3.71. The van der Waals surface area contributed by atoms with Gasteiger partial charge in [0.05, 0.1) is 6.67 Å². The van der Waals surface area contributed by atoms with Crippen molar-refractivity contribution in [2.75, 3.05) is 6.67 Å². The van der Waals surface area contributed by atoms with Gasteiger partial charge in [-0.15, -0.1) is 0 Å². The van der Waals surface area contributed by atoms with Crippen molar-refractivity contribution in [3.63, 3.8) is 0 Å². The van der Waals surface area contributed by atoms with Crippen LogP contribution in [0.3, 0.4) is 0 Å². The van der Waals surface area contributed by atoms with E-state index in [-0.39, 0.29) is 18.3 Å². The number of phenolic OH excluding ortho intramolecular Hbond substituents is 1. The lowest BCUT2D eigenvalue weighted by Gasteiger charge is -2.28. The molecule has 0 aliphatic heterocycles. The topological polar surface area (TPSA) is 20.2 Å². The summed E-state index contributed by atoms with van der Waals surface area (Å²) in [6.45, 7) is -0.282. The molecule has 0 amide bonds. The molecule has 1 saturated carbocycles. The zero-order valence-electron chi connectivity index (χ0n) is 9.53. The lowest BCUT2D eigenvalue weighted by molar-refractivity contribution is 0.263. The maximum atomic E-state index is 13.2. The highest BCUT2D eigenvalue weighted by Gasteiger charge is 2.24. The fourth-order valence-corrected chi connectivity index (χ4v) is 2.75. The molecular formula is C14H19FO. The van der Waals surface area contributed by atoms with E-state index in [2.05, 4.69) is 0 Å². The summed E-state index contributed by atoms with van der Waals surface area (Å²) in [5.74, 6) is 0.772. The van der Waals surface area contributed by atoms with Gasteiger partial charge < -0.3 is 5.11 Å². The number of aromatic hydroxyl groups is 1. The second-order valence-corrected chi connectivity index (χ2v) is 4.75. The van der Waals surface area contributed by atoms with E-state index in [0.29, 0.717) is 5.92 Å². The van der Waals surface area contributed by atoms with Gasteiger partial charge in [0.2, 0.25) is 0 Å². The van der Waals surface area contributed by atoms with Crippen LogP contribution in [0.25, 0.3) is 0 Å². The number of hydrogen-bond donors (Lipinski definition) is 1. The maximum Gasteiger partial charge on any atom is 0.115 e. The van der Waals surface area contributed by atoms with Crippen molar-refractivity contribution in [2.45, 2.75) is 38.0 Å². The van der Waals surface area contributed by atoms with Gasteiger partial charge in [0, 0.05) is 5.92 Å². The van der Waals surface area contributed by atoms with Crippen molar-refractivity contribution in [1.82, 2.24) is 0 Å². The van der Waals surface area contributed by atoms with Crippen LogP contribution in [-0.4, -0.2) is 11.8 Å². The van der Waals surface area contributed by atoms with Gasteiger partial charge in [-0.3, -0.25) is 4.39 Å². The second-order valence-electron chi connectivity index (χ2n) is 4.75. The molecule has 0 spiro atoms. The minimum atomic E-state index is -0.282. The molecule has 1 aliphatic rings. The SMILES string of the molecule is Oc1ccc(C(CF)C2CCCCC2)cc1. The highest BCUT2D eigenvalue weighted by molar-refractivity contribution is 5.28. The van der Waals surface area contributed by atoms with Crippen LogP contribution >= 0.6 is 0 Å². The van der Waals surface area contributed by atoms with Crippen LogP contribution < -0.4 is 0 Å². The Bertz CT molecular complexity index is 314. The minimum Gasteiger partial charge on any atom is -0.508 e. The van der Waals surface area contributed by atoms with Crippen molar-refractivity contribution >= 4 is 0 Å². The quantitative estimate of drug-likeness (QED) is 0.818. The van der Waals surface area contributed by atoms with Crippen molar-refractivity contribution in [3.05, 3.63) is 29.8 Å². The maximum absolute atomic E-state index is 13.2. The van der Waals surface area contributed by atoms with Gasteiger partial charge in [-0.1, -0.05) is 31.4 Å². The first-order valence-corrected chi connectivity index (χ1v) is 6.16. The first kappa shape index (κ1) is 11.4. The number of halogens is 1. The van der Waals surface area contributed by atoms with Crippen LogP contribution in [0.15, 0.2) is 24.3 Å². The first-order chi connectivity index (χ1) is 7.81. The van der Waals surface area contributed by atoms with Gasteiger partial charge >= 0.3 is 0 Å². The molecule has 16 heavy (non-hydrogen) atoms. The fourth-order valence-electron chi connectivity index (χ4n) is 2.75. The average Bonchev–Trinajstić information content (AvgIpc) is 2.34. The third kappa shape index (κ3) is 2.55. The molecule has 1 N–H and O–H groups in total. The summed E-state index contributed by atoms with van der Waals surface area (Å²) in [6.07, 6.45) is 6.06. The summed E-state index contributed by atoms with van der Waals surface area (Å²) in [7, 11) is 0. The minimum absolute atomic E-state index is 0.0286. The standard InChI is InChI=1S/C14H19FO/c15-10-14(11-4-2-1-3-5-11)12-6-8-13(16)9-7-12/h6-9,11,14,16H,1-5,10H2. The Kier molecular flexibility index (Phi) is 3.81. The van der Waals surface area contributed by atoms with Gasteiger partial charge in [0.25, 0.3) is 0 Å². The highest BCUT2D eigenvalue weighted by Crippen LogP contribution is 2.36. The molecule has 1 nitrogen and oxygen atoms in total. The highest BCUT2D eigenvalue weighted by atomic mass is 19.1. The lowest BCUT2D eigenvalue weighted by atomic mass is 9.77. The number of benzene rings is 1. The molecule has 1 aromatic rings. The summed E-state index contributed by atoms with van der Waals surface area (Å²) < 4.78 is 13.2.